The number of aromatic nitrogens is 1. The highest BCUT2D eigenvalue weighted by molar-refractivity contribution is 5.54. The molecule has 19 heavy (non-hydrogen) atoms. The van der Waals surface area contributed by atoms with Gasteiger partial charge in [-0.15, -0.1) is 0 Å². The van der Waals surface area contributed by atoms with E-state index in [1.54, 1.807) is 0 Å². The summed E-state index contributed by atoms with van der Waals surface area (Å²) in [6, 6.07) is 4.75. The van der Waals surface area contributed by atoms with Crippen molar-refractivity contribution >= 4 is 5.82 Å². The van der Waals surface area contributed by atoms with Crippen LogP contribution in [0.3, 0.4) is 0 Å². The lowest BCUT2D eigenvalue weighted by Crippen LogP contribution is -2.49. The summed E-state index contributed by atoms with van der Waals surface area (Å²) >= 11 is 0. The molecular weight excluding hydrogens is 238 g/mol. The number of hydrogen-bond acceptors (Lipinski definition) is 4. The number of nitrogens with two attached hydrogens (primary N) is 1. The maximum atomic E-state index is 5.93. The van der Waals surface area contributed by atoms with Crippen molar-refractivity contribution in [2.24, 2.45) is 5.73 Å². The van der Waals surface area contributed by atoms with Gasteiger partial charge in [-0.1, -0.05) is 0 Å². The van der Waals surface area contributed by atoms with E-state index in [0.717, 1.165) is 18.0 Å². The van der Waals surface area contributed by atoms with Gasteiger partial charge in [0.05, 0.1) is 6.10 Å². The van der Waals surface area contributed by atoms with Gasteiger partial charge in [0.25, 0.3) is 0 Å². The van der Waals surface area contributed by atoms with Crippen LogP contribution in [0.2, 0.25) is 0 Å². The second-order valence-electron chi connectivity index (χ2n) is 5.57. The third-order valence-corrected chi connectivity index (χ3v) is 3.66. The van der Waals surface area contributed by atoms with Crippen molar-refractivity contribution in [2.75, 3.05) is 11.4 Å². The first-order valence-electron chi connectivity index (χ1n) is 7.23. The van der Waals surface area contributed by atoms with Gasteiger partial charge in [-0.05, 0) is 52.2 Å². The molecule has 2 atom stereocenters. The molecular formula is C15H25N3O. The molecule has 2 rings (SSSR count). The molecule has 1 aliphatic rings. The summed E-state index contributed by atoms with van der Waals surface area (Å²) in [5.74, 6) is 1.81. The average Bonchev–Trinajstić information content (AvgIpc) is 2.39. The monoisotopic (exact) mass is 263 g/mol. The van der Waals surface area contributed by atoms with Gasteiger partial charge in [0.2, 0.25) is 0 Å². The minimum absolute atomic E-state index is 0.152. The first-order chi connectivity index (χ1) is 9.13. The minimum Gasteiger partial charge on any atom is -0.487 e. The number of anilines is 1. The molecule has 0 spiro atoms. The number of hydrogen-bond donors (Lipinski definition) is 1. The van der Waals surface area contributed by atoms with Gasteiger partial charge in [0.15, 0.2) is 11.6 Å². The van der Waals surface area contributed by atoms with E-state index < -0.39 is 0 Å². The fraction of sp³-hybridized carbons (Fsp3) is 0.667. The largest absolute Gasteiger partial charge is 0.487 e. The quantitative estimate of drug-likeness (QED) is 0.907. The molecule has 1 aliphatic heterocycles. The number of ether oxygens (including phenoxy) is 1. The predicted molar refractivity (Wildman–Crippen MR) is 78.6 cm³/mol. The Morgan fingerprint density at radius 3 is 2.95 bits per heavy atom. The molecule has 2 unspecified atom stereocenters. The van der Waals surface area contributed by atoms with E-state index >= 15 is 0 Å². The number of pyridine rings is 1. The third-order valence-electron chi connectivity index (χ3n) is 3.66. The van der Waals surface area contributed by atoms with E-state index in [1.165, 1.54) is 12.8 Å². The van der Waals surface area contributed by atoms with Crippen LogP contribution in [0.4, 0.5) is 5.82 Å². The summed E-state index contributed by atoms with van der Waals surface area (Å²) in [6.45, 7) is 6.99. The fourth-order valence-electron chi connectivity index (χ4n) is 2.82. The normalized spacial score (nSPS) is 23.7. The first-order valence-corrected chi connectivity index (χ1v) is 7.23. The Kier molecular flexibility index (Phi) is 4.64. The lowest BCUT2D eigenvalue weighted by atomic mass is 9.96. The predicted octanol–water partition coefficient (Wildman–Crippen LogP) is 2.57. The molecule has 0 aliphatic carbocycles. The highest BCUT2D eigenvalue weighted by Gasteiger charge is 2.30. The first kappa shape index (κ1) is 14.1. The van der Waals surface area contributed by atoms with E-state index in [0.29, 0.717) is 18.6 Å². The second-order valence-corrected chi connectivity index (χ2v) is 5.57. The molecule has 2 N–H and O–H groups in total. The van der Waals surface area contributed by atoms with E-state index in [4.69, 9.17) is 10.5 Å². The van der Waals surface area contributed by atoms with Crippen molar-refractivity contribution in [1.29, 1.82) is 0 Å². The van der Waals surface area contributed by atoms with Gasteiger partial charge in [0, 0.05) is 24.8 Å². The van der Waals surface area contributed by atoms with E-state index in [9.17, 15) is 0 Å². The van der Waals surface area contributed by atoms with Gasteiger partial charge >= 0.3 is 0 Å². The standard InChI is InChI=1S/C15H25N3O/c1-11(2)19-14-8-5-9-17-15(14)18-12(3)6-4-7-13(18)10-16/h5,8-9,11-13H,4,6-7,10,16H2,1-3H3. The minimum atomic E-state index is 0.152. The number of rotatable bonds is 4. The SMILES string of the molecule is CC(C)Oc1cccnc1N1C(C)CCCC1CN. The molecule has 0 saturated carbocycles. The number of nitrogens with zero attached hydrogens (tertiary/aromatic N) is 2. The molecule has 1 aromatic heterocycles. The lowest BCUT2D eigenvalue weighted by Gasteiger charge is -2.41. The van der Waals surface area contributed by atoms with Crippen LogP contribution in [0.25, 0.3) is 0 Å². The smallest absolute Gasteiger partial charge is 0.171 e. The third kappa shape index (κ3) is 3.18. The van der Waals surface area contributed by atoms with Crippen molar-refractivity contribution in [3.8, 4) is 5.75 Å². The van der Waals surface area contributed by atoms with Crippen molar-refractivity contribution < 1.29 is 4.74 Å². The van der Waals surface area contributed by atoms with Crippen molar-refractivity contribution in [1.82, 2.24) is 4.98 Å². The summed E-state index contributed by atoms with van der Waals surface area (Å²) in [5, 5.41) is 0. The zero-order valence-corrected chi connectivity index (χ0v) is 12.2. The Hall–Kier alpha value is -1.29. The number of piperidine rings is 1. The molecule has 0 bridgehead atoms. The average molecular weight is 263 g/mol. The van der Waals surface area contributed by atoms with Crippen LogP contribution in [0.5, 0.6) is 5.75 Å². The van der Waals surface area contributed by atoms with Crippen molar-refractivity contribution in [3.63, 3.8) is 0 Å². The molecule has 1 fully saturated rings. The van der Waals surface area contributed by atoms with Crippen molar-refractivity contribution in [3.05, 3.63) is 18.3 Å². The zero-order chi connectivity index (χ0) is 13.8. The van der Waals surface area contributed by atoms with Gasteiger partial charge in [-0.2, -0.15) is 0 Å². The van der Waals surface area contributed by atoms with Gasteiger partial charge in [0.1, 0.15) is 0 Å². The summed E-state index contributed by atoms with van der Waals surface area (Å²) < 4.78 is 5.89. The lowest BCUT2D eigenvalue weighted by molar-refractivity contribution is 0.240. The Morgan fingerprint density at radius 1 is 1.47 bits per heavy atom. The van der Waals surface area contributed by atoms with Gasteiger partial charge in [-0.25, -0.2) is 4.98 Å². The Bertz CT molecular complexity index is 408. The summed E-state index contributed by atoms with van der Waals surface area (Å²) in [6.07, 6.45) is 5.55. The zero-order valence-electron chi connectivity index (χ0n) is 12.2. The van der Waals surface area contributed by atoms with Crippen LogP contribution in [0, 0.1) is 0 Å². The fourth-order valence-corrected chi connectivity index (χ4v) is 2.82. The molecule has 1 aromatic rings. The highest BCUT2D eigenvalue weighted by Crippen LogP contribution is 2.34. The van der Waals surface area contributed by atoms with E-state index in [1.807, 2.05) is 32.2 Å². The summed E-state index contributed by atoms with van der Waals surface area (Å²) in [7, 11) is 0. The Labute approximate surface area is 116 Å². The van der Waals surface area contributed by atoms with E-state index in [-0.39, 0.29) is 6.10 Å². The van der Waals surface area contributed by atoms with Crippen LogP contribution in [0.15, 0.2) is 18.3 Å². The maximum Gasteiger partial charge on any atom is 0.171 e. The Balaban J connectivity index is 2.32. The summed E-state index contributed by atoms with van der Waals surface area (Å²) in [5.41, 5.74) is 5.93. The molecule has 0 radical (unpaired) electrons. The molecule has 0 aromatic carbocycles. The second kappa shape index (κ2) is 6.24. The molecule has 0 amide bonds. The van der Waals surface area contributed by atoms with E-state index in [2.05, 4.69) is 16.8 Å². The van der Waals surface area contributed by atoms with Crippen LogP contribution in [-0.4, -0.2) is 29.7 Å². The van der Waals surface area contributed by atoms with Crippen LogP contribution < -0.4 is 15.4 Å². The van der Waals surface area contributed by atoms with Gasteiger partial charge < -0.3 is 15.4 Å². The van der Waals surface area contributed by atoms with Crippen LogP contribution >= 0.6 is 0 Å². The van der Waals surface area contributed by atoms with Crippen LogP contribution in [-0.2, 0) is 0 Å². The molecule has 1 saturated heterocycles. The molecule has 4 nitrogen and oxygen atoms in total. The molecule has 2 heterocycles. The van der Waals surface area contributed by atoms with Gasteiger partial charge in [-0.3, -0.25) is 0 Å². The van der Waals surface area contributed by atoms with Crippen LogP contribution in [0.1, 0.15) is 40.0 Å². The van der Waals surface area contributed by atoms with Crippen molar-refractivity contribution in [2.45, 2.75) is 58.2 Å². The highest BCUT2D eigenvalue weighted by atomic mass is 16.5. The Morgan fingerprint density at radius 2 is 2.26 bits per heavy atom. The molecule has 106 valence electrons. The molecule has 4 heteroatoms. The summed E-state index contributed by atoms with van der Waals surface area (Å²) in [4.78, 5) is 6.90. The topological polar surface area (TPSA) is 51.4 Å². The maximum absolute atomic E-state index is 5.93.